The van der Waals surface area contributed by atoms with Gasteiger partial charge >= 0.3 is 0 Å². The minimum absolute atomic E-state index is 0. The first kappa shape index (κ1) is 14.1. The lowest BCUT2D eigenvalue weighted by atomic mass is 10.1. The van der Waals surface area contributed by atoms with E-state index in [4.69, 9.17) is 0 Å². The summed E-state index contributed by atoms with van der Waals surface area (Å²) in [4.78, 5) is 0. The van der Waals surface area contributed by atoms with E-state index >= 15 is 0 Å². The lowest BCUT2D eigenvalue weighted by Gasteiger charge is -1.98. The van der Waals surface area contributed by atoms with Crippen LogP contribution in [0.4, 0.5) is 4.70 Å². The van der Waals surface area contributed by atoms with Gasteiger partial charge in [-0.05, 0) is 6.42 Å². The number of hydrogen-bond donors (Lipinski definition) is 0. The first-order chi connectivity index (χ1) is 6.93. The van der Waals surface area contributed by atoms with Crippen LogP contribution in [0.2, 0.25) is 0 Å². The minimum Gasteiger partial charge on any atom is -0.269 e. The molecule has 0 unspecified atom stereocenters. The third kappa shape index (κ3) is 7.06. The molecular weight excluding hydrogens is 189 g/mol. The van der Waals surface area contributed by atoms with Crippen molar-refractivity contribution in [1.29, 1.82) is 0 Å². The number of rotatable bonds is 7. The molecule has 0 bridgehead atoms. The van der Waals surface area contributed by atoms with Gasteiger partial charge in [-0.3, -0.25) is 4.70 Å². The molecule has 2 heteroatoms. The zero-order valence-electron chi connectivity index (χ0n) is 9.69. The van der Waals surface area contributed by atoms with Gasteiger partial charge in [0.1, 0.15) is 6.54 Å². The molecule has 86 valence electrons. The molecule has 0 aliphatic carbocycles. The lowest BCUT2D eigenvalue weighted by molar-refractivity contribution is -0.697. The van der Waals surface area contributed by atoms with Gasteiger partial charge in [-0.15, -0.1) is 0 Å². The van der Waals surface area contributed by atoms with Crippen LogP contribution in [0.3, 0.4) is 0 Å². The highest BCUT2D eigenvalue weighted by molar-refractivity contribution is 4.83. The smallest absolute Gasteiger partial charge is 0.168 e. The van der Waals surface area contributed by atoms with Crippen LogP contribution in [0.25, 0.3) is 0 Å². The Bertz CT molecular complexity index is 223. The summed E-state index contributed by atoms with van der Waals surface area (Å²) >= 11 is 0. The van der Waals surface area contributed by atoms with Gasteiger partial charge < -0.3 is 0 Å². The Kier molecular flexibility index (Phi) is 9.04. The molecule has 0 spiro atoms. The summed E-state index contributed by atoms with van der Waals surface area (Å²) in [6.45, 7) is 3.44. The highest BCUT2D eigenvalue weighted by Gasteiger charge is 1.96. The predicted molar refractivity (Wildman–Crippen MR) is 62.5 cm³/mol. The molecule has 0 N–H and O–H groups in total. The van der Waals surface area contributed by atoms with Crippen molar-refractivity contribution in [3.05, 3.63) is 30.6 Å². The molecule has 15 heavy (non-hydrogen) atoms. The van der Waals surface area contributed by atoms with Gasteiger partial charge in [0.2, 0.25) is 0 Å². The van der Waals surface area contributed by atoms with Crippen molar-refractivity contribution in [2.75, 3.05) is 0 Å². The summed E-state index contributed by atoms with van der Waals surface area (Å²) in [7, 11) is 0. The van der Waals surface area contributed by atoms with Crippen molar-refractivity contribution in [3.8, 4) is 0 Å². The predicted octanol–water partition coefficient (Wildman–Crippen LogP) is 3.49. The monoisotopic (exact) mass is 212 g/mol. The molecular formula is C13H23FN+. The van der Waals surface area contributed by atoms with Crippen LogP contribution < -0.4 is 4.57 Å². The Balaban J connectivity index is 0.00000196. The highest BCUT2D eigenvalue weighted by Crippen LogP contribution is 2.04. The van der Waals surface area contributed by atoms with E-state index in [0.29, 0.717) is 0 Å². The number of aryl methyl sites for hydroxylation is 1. The normalized spacial score (nSPS) is 9.67. The summed E-state index contributed by atoms with van der Waals surface area (Å²) in [6.07, 6.45) is 12.5. The first-order valence-corrected chi connectivity index (χ1v) is 5.87. The number of halogens is 1. The van der Waals surface area contributed by atoms with E-state index in [1.165, 1.54) is 45.1 Å². The van der Waals surface area contributed by atoms with E-state index in [1.807, 2.05) is 0 Å². The van der Waals surface area contributed by atoms with E-state index in [9.17, 15) is 0 Å². The molecule has 1 heterocycles. The van der Waals surface area contributed by atoms with Gasteiger partial charge in [0, 0.05) is 18.6 Å². The van der Waals surface area contributed by atoms with Gasteiger partial charge in [-0.2, -0.15) is 0 Å². The quantitative estimate of drug-likeness (QED) is 0.481. The Morgan fingerprint density at radius 2 is 1.40 bits per heavy atom. The van der Waals surface area contributed by atoms with Crippen molar-refractivity contribution in [2.24, 2.45) is 0 Å². The van der Waals surface area contributed by atoms with Crippen LogP contribution in [0.15, 0.2) is 30.6 Å². The minimum atomic E-state index is 0. The Morgan fingerprint density at radius 3 is 2.07 bits per heavy atom. The van der Waals surface area contributed by atoms with Crippen LogP contribution in [0.5, 0.6) is 0 Å². The fourth-order valence-electron chi connectivity index (χ4n) is 1.66. The van der Waals surface area contributed by atoms with E-state index in [-0.39, 0.29) is 4.70 Å². The van der Waals surface area contributed by atoms with Crippen LogP contribution in [0, 0.1) is 0 Å². The summed E-state index contributed by atoms with van der Waals surface area (Å²) in [5, 5.41) is 0. The van der Waals surface area contributed by atoms with Crippen LogP contribution in [-0.4, -0.2) is 0 Å². The number of unbranched alkanes of at least 4 members (excludes halogenated alkanes) is 5. The van der Waals surface area contributed by atoms with Crippen molar-refractivity contribution >= 4 is 0 Å². The third-order valence-corrected chi connectivity index (χ3v) is 2.55. The zero-order valence-corrected chi connectivity index (χ0v) is 9.69. The Hall–Kier alpha value is -0.920. The Morgan fingerprint density at radius 1 is 0.800 bits per heavy atom. The summed E-state index contributed by atoms with van der Waals surface area (Å²) in [5.74, 6) is 0. The second-order valence-corrected chi connectivity index (χ2v) is 3.88. The highest BCUT2D eigenvalue weighted by atomic mass is 19.0. The van der Waals surface area contributed by atoms with E-state index < -0.39 is 0 Å². The molecule has 1 aromatic rings. The van der Waals surface area contributed by atoms with Gasteiger partial charge in [0.15, 0.2) is 12.4 Å². The molecule has 0 fully saturated rings. The molecule has 0 saturated carbocycles. The summed E-state index contributed by atoms with van der Waals surface area (Å²) in [6, 6.07) is 6.26. The molecule has 0 aliphatic rings. The fraction of sp³-hybridized carbons (Fsp3) is 0.615. The molecule has 0 atom stereocenters. The van der Waals surface area contributed by atoms with Gasteiger partial charge in [0.25, 0.3) is 0 Å². The van der Waals surface area contributed by atoms with Crippen molar-refractivity contribution in [3.63, 3.8) is 0 Å². The average molecular weight is 212 g/mol. The van der Waals surface area contributed by atoms with Crippen LogP contribution in [0.1, 0.15) is 45.4 Å². The number of pyridine rings is 1. The fourth-order valence-corrected chi connectivity index (χ4v) is 1.66. The summed E-state index contributed by atoms with van der Waals surface area (Å²) < 4.78 is 2.26. The molecule has 1 nitrogen and oxygen atoms in total. The topological polar surface area (TPSA) is 3.88 Å². The van der Waals surface area contributed by atoms with Gasteiger partial charge in [-0.25, -0.2) is 4.57 Å². The number of hydrogen-bond acceptors (Lipinski definition) is 0. The SMILES string of the molecule is CCCCCCCC[n+]1ccccc1.F. The first-order valence-electron chi connectivity index (χ1n) is 5.87. The largest absolute Gasteiger partial charge is 0.269 e. The zero-order chi connectivity index (χ0) is 10.1. The Labute approximate surface area is 92.5 Å². The standard InChI is InChI=1S/C13H22N.FH/c1-2-3-4-5-6-8-11-14-12-9-7-10-13-14;/h7,9-10,12-13H,2-6,8,11H2,1H3;1H/q+1;. The molecule has 0 radical (unpaired) electrons. The van der Waals surface area contributed by atoms with Crippen molar-refractivity contribution in [1.82, 2.24) is 0 Å². The molecule has 0 amide bonds. The maximum atomic E-state index is 2.26. The molecule has 0 aliphatic heterocycles. The van der Waals surface area contributed by atoms with E-state index in [1.54, 1.807) is 0 Å². The number of aromatic nitrogens is 1. The number of nitrogens with zero attached hydrogens (tertiary/aromatic N) is 1. The van der Waals surface area contributed by atoms with Crippen molar-refractivity contribution < 1.29 is 9.27 Å². The van der Waals surface area contributed by atoms with E-state index in [0.717, 1.165) is 0 Å². The van der Waals surface area contributed by atoms with Crippen molar-refractivity contribution in [2.45, 2.75) is 52.0 Å². The van der Waals surface area contributed by atoms with Gasteiger partial charge in [0.05, 0.1) is 0 Å². The van der Waals surface area contributed by atoms with E-state index in [2.05, 4.69) is 42.1 Å². The lowest BCUT2D eigenvalue weighted by Crippen LogP contribution is -2.32. The molecule has 1 aromatic heterocycles. The van der Waals surface area contributed by atoms with Crippen LogP contribution in [-0.2, 0) is 6.54 Å². The maximum Gasteiger partial charge on any atom is 0.168 e. The molecule has 0 aromatic carbocycles. The maximum absolute atomic E-state index is 2.26. The second kappa shape index (κ2) is 9.63. The summed E-state index contributed by atoms with van der Waals surface area (Å²) in [5.41, 5.74) is 0. The second-order valence-electron chi connectivity index (χ2n) is 3.88. The average Bonchev–Trinajstić information content (AvgIpc) is 2.25. The third-order valence-electron chi connectivity index (χ3n) is 2.55. The van der Waals surface area contributed by atoms with Crippen LogP contribution >= 0.6 is 0 Å². The molecule has 0 saturated heterocycles. The molecule has 1 rings (SSSR count). The van der Waals surface area contributed by atoms with Gasteiger partial charge in [-0.1, -0.05) is 38.7 Å².